The number of para-hydroxylation sites is 1. The van der Waals surface area contributed by atoms with Crippen molar-refractivity contribution in [2.45, 2.75) is 44.8 Å². The summed E-state index contributed by atoms with van der Waals surface area (Å²) in [5.74, 6) is 0. The average Bonchev–Trinajstić information content (AvgIpc) is 2.92. The zero-order valence-corrected chi connectivity index (χ0v) is 12.6. The van der Waals surface area contributed by atoms with Gasteiger partial charge in [-0.05, 0) is 37.8 Å². The van der Waals surface area contributed by atoms with E-state index in [1.165, 1.54) is 0 Å². The molecule has 2 atom stereocenters. The molecule has 2 unspecified atom stereocenters. The standard InChI is InChI=1S/C15H23N3O3/c1-3-10-16-12-7-4-8-13(15(12)18(19)20)17-11-6-5-9-14(11)21-2/h4,7-8,11,14,16-17H,3,5-6,9-10H2,1-2H3. The number of methoxy groups -OCH3 is 1. The van der Waals surface area contributed by atoms with Crippen LogP contribution in [0.5, 0.6) is 0 Å². The smallest absolute Gasteiger partial charge is 0.315 e. The molecule has 116 valence electrons. The number of anilines is 2. The highest BCUT2D eigenvalue weighted by Gasteiger charge is 2.29. The van der Waals surface area contributed by atoms with Crippen LogP contribution in [-0.2, 0) is 4.74 Å². The molecule has 6 nitrogen and oxygen atoms in total. The number of nitro benzene ring substituents is 1. The van der Waals surface area contributed by atoms with E-state index in [1.54, 1.807) is 19.2 Å². The van der Waals surface area contributed by atoms with Crippen LogP contribution in [-0.4, -0.2) is 30.7 Å². The van der Waals surface area contributed by atoms with Crippen molar-refractivity contribution in [2.24, 2.45) is 0 Å². The van der Waals surface area contributed by atoms with Crippen LogP contribution >= 0.6 is 0 Å². The van der Waals surface area contributed by atoms with E-state index < -0.39 is 0 Å². The van der Waals surface area contributed by atoms with Gasteiger partial charge in [0.1, 0.15) is 11.4 Å². The monoisotopic (exact) mass is 293 g/mol. The Balaban J connectivity index is 2.23. The summed E-state index contributed by atoms with van der Waals surface area (Å²) in [6, 6.07) is 5.49. The Kier molecular flexibility index (Phi) is 5.38. The summed E-state index contributed by atoms with van der Waals surface area (Å²) in [5, 5.41) is 17.8. The van der Waals surface area contributed by atoms with E-state index in [0.717, 1.165) is 25.7 Å². The van der Waals surface area contributed by atoms with E-state index in [2.05, 4.69) is 10.6 Å². The van der Waals surface area contributed by atoms with Gasteiger partial charge < -0.3 is 15.4 Å². The highest BCUT2D eigenvalue weighted by molar-refractivity contribution is 5.76. The number of nitro groups is 1. The topological polar surface area (TPSA) is 76.4 Å². The molecule has 1 aromatic carbocycles. The largest absolute Gasteiger partial charge is 0.379 e. The lowest BCUT2D eigenvalue weighted by molar-refractivity contribution is -0.383. The van der Waals surface area contributed by atoms with Crippen LogP contribution in [0, 0.1) is 10.1 Å². The Morgan fingerprint density at radius 2 is 2.14 bits per heavy atom. The van der Waals surface area contributed by atoms with E-state index in [-0.39, 0.29) is 22.8 Å². The molecule has 6 heteroatoms. The van der Waals surface area contributed by atoms with Crippen molar-refractivity contribution in [2.75, 3.05) is 24.3 Å². The third kappa shape index (κ3) is 3.64. The molecule has 21 heavy (non-hydrogen) atoms. The maximum Gasteiger partial charge on any atom is 0.315 e. The van der Waals surface area contributed by atoms with Gasteiger partial charge in [0.15, 0.2) is 0 Å². The lowest BCUT2D eigenvalue weighted by Crippen LogP contribution is -2.30. The predicted molar refractivity (Wildman–Crippen MR) is 83.9 cm³/mol. The molecule has 1 aliphatic carbocycles. The highest BCUT2D eigenvalue weighted by atomic mass is 16.6. The zero-order valence-electron chi connectivity index (χ0n) is 12.6. The number of hydrogen-bond donors (Lipinski definition) is 2. The fraction of sp³-hybridized carbons (Fsp3) is 0.600. The normalized spacial score (nSPS) is 21.2. The Morgan fingerprint density at radius 1 is 1.38 bits per heavy atom. The molecule has 0 aliphatic heterocycles. The summed E-state index contributed by atoms with van der Waals surface area (Å²) in [5.41, 5.74) is 1.25. The van der Waals surface area contributed by atoms with E-state index in [0.29, 0.717) is 17.9 Å². The van der Waals surface area contributed by atoms with E-state index in [9.17, 15) is 10.1 Å². The van der Waals surface area contributed by atoms with Gasteiger partial charge >= 0.3 is 5.69 Å². The molecule has 0 radical (unpaired) electrons. The van der Waals surface area contributed by atoms with E-state index >= 15 is 0 Å². The summed E-state index contributed by atoms with van der Waals surface area (Å²) in [6.07, 6.45) is 4.09. The second-order valence-electron chi connectivity index (χ2n) is 5.34. The number of ether oxygens (including phenoxy) is 1. The third-order valence-corrected chi connectivity index (χ3v) is 3.88. The number of nitrogens with zero attached hydrogens (tertiary/aromatic N) is 1. The molecule has 1 aliphatic rings. The van der Waals surface area contributed by atoms with Crippen LogP contribution in [0.25, 0.3) is 0 Å². The zero-order chi connectivity index (χ0) is 15.2. The molecule has 0 heterocycles. The van der Waals surface area contributed by atoms with Crippen LogP contribution in [0.4, 0.5) is 17.1 Å². The van der Waals surface area contributed by atoms with Gasteiger partial charge in [-0.1, -0.05) is 13.0 Å². The average molecular weight is 293 g/mol. The van der Waals surface area contributed by atoms with Crippen LogP contribution in [0.3, 0.4) is 0 Å². The predicted octanol–water partition coefficient (Wildman–Crippen LogP) is 3.40. The van der Waals surface area contributed by atoms with E-state index in [1.807, 2.05) is 13.0 Å². The van der Waals surface area contributed by atoms with Gasteiger partial charge in [0.25, 0.3) is 0 Å². The van der Waals surface area contributed by atoms with Gasteiger partial charge in [-0.2, -0.15) is 0 Å². The van der Waals surface area contributed by atoms with Crippen molar-refractivity contribution < 1.29 is 9.66 Å². The van der Waals surface area contributed by atoms with E-state index in [4.69, 9.17) is 4.74 Å². The third-order valence-electron chi connectivity index (χ3n) is 3.88. The molecule has 0 aromatic heterocycles. The van der Waals surface area contributed by atoms with Crippen LogP contribution in [0.15, 0.2) is 18.2 Å². The van der Waals surface area contributed by atoms with Crippen molar-refractivity contribution in [3.05, 3.63) is 28.3 Å². The number of hydrogen-bond acceptors (Lipinski definition) is 5. The molecule has 1 saturated carbocycles. The number of rotatable bonds is 7. The first-order valence-corrected chi connectivity index (χ1v) is 7.48. The maximum absolute atomic E-state index is 11.4. The summed E-state index contributed by atoms with van der Waals surface area (Å²) in [6.45, 7) is 2.75. The SMILES string of the molecule is CCCNc1cccc(NC2CCCC2OC)c1[N+](=O)[O-]. The van der Waals surface area contributed by atoms with Crippen molar-refractivity contribution in [1.29, 1.82) is 0 Å². The Morgan fingerprint density at radius 3 is 2.81 bits per heavy atom. The van der Waals surface area contributed by atoms with Gasteiger partial charge in [-0.25, -0.2) is 0 Å². The molecule has 0 bridgehead atoms. The van der Waals surface area contributed by atoms with Gasteiger partial charge in [0.2, 0.25) is 0 Å². The Labute approximate surface area is 125 Å². The number of benzene rings is 1. The lowest BCUT2D eigenvalue weighted by atomic mass is 10.1. The molecular formula is C15H23N3O3. The first-order chi connectivity index (χ1) is 10.2. The molecule has 1 aromatic rings. The van der Waals surface area contributed by atoms with Crippen LogP contribution in [0.2, 0.25) is 0 Å². The van der Waals surface area contributed by atoms with Gasteiger partial charge in [-0.15, -0.1) is 0 Å². The molecule has 0 spiro atoms. The maximum atomic E-state index is 11.4. The second kappa shape index (κ2) is 7.26. The molecule has 2 rings (SSSR count). The van der Waals surface area contributed by atoms with Crippen molar-refractivity contribution in [3.8, 4) is 0 Å². The molecular weight excluding hydrogens is 270 g/mol. The van der Waals surface area contributed by atoms with Crippen LogP contribution in [0.1, 0.15) is 32.6 Å². The Hall–Kier alpha value is -1.82. The summed E-state index contributed by atoms with van der Waals surface area (Å²) < 4.78 is 5.44. The van der Waals surface area contributed by atoms with Gasteiger partial charge in [-0.3, -0.25) is 10.1 Å². The number of nitrogens with one attached hydrogen (secondary N) is 2. The minimum atomic E-state index is -0.322. The van der Waals surface area contributed by atoms with Gasteiger partial charge in [0.05, 0.1) is 17.1 Å². The van der Waals surface area contributed by atoms with Crippen molar-refractivity contribution >= 4 is 17.1 Å². The molecule has 2 N–H and O–H groups in total. The van der Waals surface area contributed by atoms with Crippen molar-refractivity contribution in [1.82, 2.24) is 0 Å². The van der Waals surface area contributed by atoms with Crippen molar-refractivity contribution in [3.63, 3.8) is 0 Å². The summed E-state index contributed by atoms with van der Waals surface area (Å²) >= 11 is 0. The minimum Gasteiger partial charge on any atom is -0.379 e. The summed E-state index contributed by atoms with van der Waals surface area (Å²) in [4.78, 5) is 11.1. The fourth-order valence-electron chi connectivity index (χ4n) is 2.83. The Bertz CT molecular complexity index is 493. The first-order valence-electron chi connectivity index (χ1n) is 7.48. The molecule has 0 amide bonds. The quantitative estimate of drug-likeness (QED) is 0.595. The second-order valence-corrected chi connectivity index (χ2v) is 5.34. The minimum absolute atomic E-state index is 0.118. The highest BCUT2D eigenvalue weighted by Crippen LogP contribution is 2.35. The lowest BCUT2D eigenvalue weighted by Gasteiger charge is -2.21. The van der Waals surface area contributed by atoms with Gasteiger partial charge in [0, 0.05) is 13.7 Å². The molecule has 0 saturated heterocycles. The van der Waals surface area contributed by atoms with Crippen LogP contribution < -0.4 is 10.6 Å². The first kappa shape index (κ1) is 15.6. The fourth-order valence-corrected chi connectivity index (χ4v) is 2.83. The molecule has 1 fully saturated rings. The summed E-state index contributed by atoms with van der Waals surface area (Å²) in [7, 11) is 1.69.